The van der Waals surface area contributed by atoms with Crippen molar-refractivity contribution in [2.24, 2.45) is 11.8 Å². The van der Waals surface area contributed by atoms with E-state index in [-0.39, 0.29) is 18.1 Å². The molecule has 1 saturated carbocycles. The fourth-order valence-corrected chi connectivity index (χ4v) is 5.81. The van der Waals surface area contributed by atoms with E-state index in [2.05, 4.69) is 18.3 Å². The molecule has 6 heteroatoms. The van der Waals surface area contributed by atoms with Gasteiger partial charge >= 0.3 is 0 Å². The number of piperidine rings is 1. The largest absolute Gasteiger partial charge is 0.497 e. The lowest BCUT2D eigenvalue weighted by Crippen LogP contribution is -2.50. The fourth-order valence-electron chi connectivity index (χ4n) is 5.81. The average molecular weight is 370 g/mol. The Kier molecular flexibility index (Phi) is 3.86. The van der Waals surface area contributed by atoms with Crippen LogP contribution in [0.15, 0.2) is 29.8 Å². The van der Waals surface area contributed by atoms with Gasteiger partial charge in [0.2, 0.25) is 0 Å². The van der Waals surface area contributed by atoms with Crippen LogP contribution >= 0.6 is 0 Å². The predicted octanol–water partition coefficient (Wildman–Crippen LogP) is 2.18. The molecule has 144 valence electrons. The third-order valence-electron chi connectivity index (χ3n) is 7.15. The normalized spacial score (nSPS) is 38.4. The number of anilines is 1. The summed E-state index contributed by atoms with van der Waals surface area (Å²) in [6.07, 6.45) is 3.72. The van der Waals surface area contributed by atoms with Crippen LogP contribution in [-0.2, 0) is 19.8 Å². The number of fused-ring (bicyclic) bond motifs is 2. The summed E-state index contributed by atoms with van der Waals surface area (Å²) >= 11 is 0. The first-order valence-corrected chi connectivity index (χ1v) is 9.71. The Morgan fingerprint density at radius 1 is 1.37 bits per heavy atom. The number of nitrogens with zero attached hydrogens (tertiary/aromatic N) is 1. The van der Waals surface area contributed by atoms with Crippen LogP contribution in [-0.4, -0.2) is 45.4 Å². The van der Waals surface area contributed by atoms with Crippen molar-refractivity contribution in [2.75, 3.05) is 32.4 Å². The van der Waals surface area contributed by atoms with E-state index in [4.69, 9.17) is 14.3 Å². The van der Waals surface area contributed by atoms with Crippen molar-refractivity contribution in [1.82, 2.24) is 5.32 Å². The molecule has 27 heavy (non-hydrogen) atoms. The summed E-state index contributed by atoms with van der Waals surface area (Å²) in [6.45, 7) is 3.72. The number of benzene rings is 1. The highest BCUT2D eigenvalue weighted by Crippen LogP contribution is 2.56. The molecule has 1 aromatic carbocycles. The molecule has 5 aliphatic rings. The van der Waals surface area contributed by atoms with E-state index in [1.807, 2.05) is 18.2 Å². The van der Waals surface area contributed by atoms with Crippen LogP contribution in [0, 0.1) is 11.8 Å². The van der Waals surface area contributed by atoms with Gasteiger partial charge in [0.05, 0.1) is 32.6 Å². The van der Waals surface area contributed by atoms with Crippen LogP contribution in [0.4, 0.5) is 5.69 Å². The van der Waals surface area contributed by atoms with E-state index < -0.39 is 5.41 Å². The molecule has 5 atom stereocenters. The van der Waals surface area contributed by atoms with E-state index in [0.717, 1.165) is 30.6 Å². The summed E-state index contributed by atoms with van der Waals surface area (Å²) < 4.78 is 11.7. The third-order valence-corrected chi connectivity index (χ3v) is 7.15. The number of nitrogens with one attached hydrogen (secondary N) is 1. The lowest BCUT2D eigenvalue weighted by molar-refractivity contribution is -0.137. The summed E-state index contributed by atoms with van der Waals surface area (Å²) in [7, 11) is 3.18. The Morgan fingerprint density at radius 3 is 2.96 bits per heavy atom. The zero-order chi connectivity index (χ0) is 18.8. The summed E-state index contributed by atoms with van der Waals surface area (Å²) in [5.41, 5.74) is 2.52. The van der Waals surface area contributed by atoms with E-state index in [1.165, 1.54) is 10.6 Å². The summed E-state index contributed by atoms with van der Waals surface area (Å²) in [5, 5.41) is 5.12. The van der Waals surface area contributed by atoms with Crippen molar-refractivity contribution in [2.45, 2.75) is 37.3 Å². The maximum atomic E-state index is 13.7. The first-order chi connectivity index (χ1) is 13.1. The standard InChI is InChI=1S/C21H26N2O4/c1-4-12-10-22-17-9-21(19-8-14(12)15(17)11-27-19)16-6-5-13(25-2)7-18(16)23(26-3)20(21)24/h4-7,14-15,17,19,22H,8-11H2,1-3H3/b12-4-. The number of ether oxygens (including phenoxy) is 2. The van der Waals surface area contributed by atoms with Crippen LogP contribution in [0.1, 0.15) is 25.3 Å². The quantitative estimate of drug-likeness (QED) is 0.809. The molecule has 0 aromatic heterocycles. The number of rotatable bonds is 2. The van der Waals surface area contributed by atoms with Crippen LogP contribution in [0.25, 0.3) is 0 Å². The Morgan fingerprint density at radius 2 is 2.22 bits per heavy atom. The molecule has 3 saturated heterocycles. The molecule has 1 spiro atoms. The molecule has 1 aromatic rings. The molecular weight excluding hydrogens is 344 g/mol. The van der Waals surface area contributed by atoms with E-state index in [9.17, 15) is 4.79 Å². The minimum atomic E-state index is -0.706. The summed E-state index contributed by atoms with van der Waals surface area (Å²) in [5.74, 6) is 1.61. The maximum Gasteiger partial charge on any atom is 0.264 e. The van der Waals surface area contributed by atoms with Crippen LogP contribution in [0.2, 0.25) is 0 Å². The molecule has 6 nitrogen and oxygen atoms in total. The van der Waals surface area contributed by atoms with Crippen molar-refractivity contribution < 1.29 is 19.1 Å². The number of allylic oxidation sites excluding steroid dienone is 1. The van der Waals surface area contributed by atoms with Gasteiger partial charge in [0.15, 0.2) is 0 Å². The van der Waals surface area contributed by atoms with Gasteiger partial charge in [-0.05, 0) is 37.3 Å². The second-order valence-electron chi connectivity index (χ2n) is 8.02. The highest BCUT2D eigenvalue weighted by atomic mass is 16.7. The summed E-state index contributed by atoms with van der Waals surface area (Å²) in [4.78, 5) is 19.2. The van der Waals surface area contributed by atoms with E-state index >= 15 is 0 Å². The van der Waals surface area contributed by atoms with E-state index in [0.29, 0.717) is 24.2 Å². The molecule has 5 unspecified atom stereocenters. The third kappa shape index (κ3) is 2.15. The number of amides is 1. The number of hydroxylamine groups is 1. The highest BCUT2D eigenvalue weighted by Gasteiger charge is 2.63. The lowest BCUT2D eigenvalue weighted by atomic mass is 9.72. The Hall–Kier alpha value is -1.89. The number of carbonyl (C=O) groups is 1. The molecule has 4 fully saturated rings. The van der Waals surface area contributed by atoms with Crippen molar-refractivity contribution in [1.29, 1.82) is 0 Å². The zero-order valence-corrected chi connectivity index (χ0v) is 16.0. The molecule has 4 heterocycles. The molecular formula is C21H26N2O4. The molecule has 4 aliphatic heterocycles. The predicted molar refractivity (Wildman–Crippen MR) is 101 cm³/mol. The molecule has 4 bridgehead atoms. The minimum absolute atomic E-state index is 0.0183. The zero-order valence-electron chi connectivity index (χ0n) is 16.0. The number of hydrogen-bond acceptors (Lipinski definition) is 5. The number of methoxy groups -OCH3 is 1. The fraction of sp³-hybridized carbons (Fsp3) is 0.571. The second-order valence-corrected chi connectivity index (χ2v) is 8.02. The summed E-state index contributed by atoms with van der Waals surface area (Å²) in [6, 6.07) is 6.11. The molecule has 1 N–H and O–H groups in total. The van der Waals surface area contributed by atoms with Crippen LogP contribution in [0.3, 0.4) is 0 Å². The minimum Gasteiger partial charge on any atom is -0.497 e. The van der Waals surface area contributed by atoms with Crippen molar-refractivity contribution in [3.05, 3.63) is 35.4 Å². The van der Waals surface area contributed by atoms with Gasteiger partial charge in [-0.2, -0.15) is 5.06 Å². The highest BCUT2D eigenvalue weighted by molar-refractivity contribution is 6.07. The van der Waals surface area contributed by atoms with Gasteiger partial charge in [-0.3, -0.25) is 9.63 Å². The number of carbonyl (C=O) groups excluding carboxylic acids is 1. The van der Waals surface area contributed by atoms with Gasteiger partial charge in [-0.1, -0.05) is 17.7 Å². The van der Waals surface area contributed by atoms with Crippen molar-refractivity contribution in [3.63, 3.8) is 0 Å². The van der Waals surface area contributed by atoms with Crippen molar-refractivity contribution in [3.8, 4) is 5.75 Å². The van der Waals surface area contributed by atoms with Gasteiger partial charge in [0.25, 0.3) is 5.91 Å². The van der Waals surface area contributed by atoms with Crippen LogP contribution in [0.5, 0.6) is 5.75 Å². The van der Waals surface area contributed by atoms with Crippen molar-refractivity contribution >= 4 is 11.6 Å². The Labute approximate surface area is 159 Å². The number of hydrogen-bond donors (Lipinski definition) is 1. The molecule has 1 aliphatic carbocycles. The van der Waals surface area contributed by atoms with Gasteiger partial charge in [-0.25, -0.2) is 0 Å². The SMILES string of the molecule is C/C=C1/CNC2CC3(C(=O)N(OC)c4cc(OC)ccc43)C3CC1C2CO3. The smallest absolute Gasteiger partial charge is 0.264 e. The maximum absolute atomic E-state index is 13.7. The second kappa shape index (κ2) is 6.06. The first-order valence-electron chi connectivity index (χ1n) is 9.71. The molecule has 1 amide bonds. The molecule has 0 radical (unpaired) electrons. The van der Waals surface area contributed by atoms with Gasteiger partial charge in [-0.15, -0.1) is 0 Å². The van der Waals surface area contributed by atoms with E-state index in [1.54, 1.807) is 14.2 Å². The molecule has 6 rings (SSSR count). The first kappa shape index (κ1) is 17.2. The van der Waals surface area contributed by atoms with Crippen LogP contribution < -0.4 is 15.1 Å². The van der Waals surface area contributed by atoms with Gasteiger partial charge in [0, 0.05) is 24.6 Å². The Bertz CT molecular complexity index is 822. The lowest BCUT2D eigenvalue weighted by Gasteiger charge is -2.42. The average Bonchev–Trinajstić information content (AvgIpc) is 2.80. The van der Waals surface area contributed by atoms with Gasteiger partial charge < -0.3 is 14.8 Å². The topological polar surface area (TPSA) is 60.0 Å². The Balaban J connectivity index is 1.67. The van der Waals surface area contributed by atoms with Gasteiger partial charge in [0.1, 0.15) is 11.2 Å². The monoisotopic (exact) mass is 370 g/mol.